The molecule has 0 aromatic carbocycles. The maximum absolute atomic E-state index is 10.7. The Morgan fingerprint density at radius 3 is 2.92 bits per heavy atom. The van der Waals surface area contributed by atoms with Crippen LogP contribution < -0.4 is 0 Å². The molecular formula is C8H8INO2. The molecule has 1 N–H and O–H groups in total. The van der Waals surface area contributed by atoms with Crippen LogP contribution in [0, 0.1) is 12.5 Å². The van der Waals surface area contributed by atoms with Crippen molar-refractivity contribution in [2.75, 3.05) is 0 Å². The number of hydrogen-bond donors (Lipinski definition) is 1. The van der Waals surface area contributed by atoms with Crippen molar-refractivity contribution in [1.29, 1.82) is 0 Å². The standard InChI is InChI=1S/C8H8INO2/c1-10-6-4-2-3-5(7(6)9)8(11)12/h5H,2-4H2,(H,11,12). The summed E-state index contributed by atoms with van der Waals surface area (Å²) in [5.74, 6) is -1.23. The van der Waals surface area contributed by atoms with Gasteiger partial charge in [-0.1, -0.05) is 29.0 Å². The summed E-state index contributed by atoms with van der Waals surface area (Å²) in [4.78, 5) is 14.0. The van der Waals surface area contributed by atoms with Crippen molar-refractivity contribution in [2.24, 2.45) is 5.92 Å². The first kappa shape index (κ1) is 9.52. The van der Waals surface area contributed by atoms with Crippen LogP contribution in [-0.4, -0.2) is 11.1 Å². The predicted octanol–water partition coefficient (Wildman–Crippen LogP) is 2.44. The smallest absolute Gasteiger partial charge is 0.310 e. The first-order valence-corrected chi connectivity index (χ1v) is 4.73. The lowest BCUT2D eigenvalue weighted by Crippen LogP contribution is -2.17. The molecule has 0 radical (unpaired) electrons. The molecule has 0 aliphatic heterocycles. The van der Waals surface area contributed by atoms with E-state index in [1.54, 1.807) is 0 Å². The molecule has 0 saturated carbocycles. The largest absolute Gasteiger partial charge is 0.481 e. The van der Waals surface area contributed by atoms with E-state index in [2.05, 4.69) is 4.85 Å². The fourth-order valence-corrected chi connectivity index (χ4v) is 2.23. The van der Waals surface area contributed by atoms with Crippen molar-refractivity contribution < 1.29 is 9.90 Å². The number of rotatable bonds is 1. The van der Waals surface area contributed by atoms with Gasteiger partial charge in [-0.05, 0) is 12.8 Å². The molecule has 4 heteroatoms. The van der Waals surface area contributed by atoms with E-state index in [0.29, 0.717) is 12.1 Å². The molecule has 12 heavy (non-hydrogen) atoms. The molecule has 0 aromatic rings. The van der Waals surface area contributed by atoms with Crippen LogP contribution in [0.1, 0.15) is 19.3 Å². The van der Waals surface area contributed by atoms with Crippen molar-refractivity contribution in [3.63, 3.8) is 0 Å². The zero-order chi connectivity index (χ0) is 9.14. The van der Waals surface area contributed by atoms with Gasteiger partial charge in [-0.2, -0.15) is 0 Å². The molecular weight excluding hydrogens is 269 g/mol. The highest BCUT2D eigenvalue weighted by atomic mass is 127. The second-order valence-electron chi connectivity index (χ2n) is 2.69. The number of allylic oxidation sites excluding steroid dienone is 1. The molecule has 0 spiro atoms. The predicted molar refractivity (Wildman–Crippen MR) is 52.6 cm³/mol. The molecule has 1 aliphatic rings. The van der Waals surface area contributed by atoms with Crippen LogP contribution in [0.25, 0.3) is 4.85 Å². The van der Waals surface area contributed by atoms with Crippen molar-refractivity contribution in [2.45, 2.75) is 19.3 Å². The Hall–Kier alpha value is -0.570. The second-order valence-corrected chi connectivity index (χ2v) is 3.85. The molecule has 0 saturated heterocycles. The fourth-order valence-electron chi connectivity index (χ4n) is 1.26. The molecule has 1 atom stereocenters. The zero-order valence-corrected chi connectivity index (χ0v) is 8.54. The van der Waals surface area contributed by atoms with E-state index in [-0.39, 0.29) is 0 Å². The molecule has 0 amide bonds. The molecule has 1 unspecified atom stereocenters. The van der Waals surface area contributed by atoms with Crippen molar-refractivity contribution in [1.82, 2.24) is 0 Å². The van der Waals surface area contributed by atoms with Gasteiger partial charge in [0.1, 0.15) is 0 Å². The summed E-state index contributed by atoms with van der Waals surface area (Å²) >= 11 is 1.98. The number of carboxylic acid groups (broad SMARTS) is 1. The van der Waals surface area contributed by atoms with Crippen LogP contribution in [-0.2, 0) is 4.79 Å². The van der Waals surface area contributed by atoms with Crippen molar-refractivity contribution in [3.05, 3.63) is 20.7 Å². The van der Waals surface area contributed by atoms with Gasteiger partial charge in [-0.3, -0.25) is 4.79 Å². The van der Waals surface area contributed by atoms with Crippen LogP contribution in [0.4, 0.5) is 0 Å². The first-order chi connectivity index (χ1) is 5.66. The van der Waals surface area contributed by atoms with Gasteiger partial charge in [-0.25, -0.2) is 4.85 Å². The lowest BCUT2D eigenvalue weighted by atomic mass is 9.94. The Morgan fingerprint density at radius 1 is 1.75 bits per heavy atom. The maximum Gasteiger partial charge on any atom is 0.310 e. The van der Waals surface area contributed by atoms with Crippen LogP contribution >= 0.6 is 22.6 Å². The summed E-state index contributed by atoms with van der Waals surface area (Å²) < 4.78 is 0.723. The third-order valence-electron chi connectivity index (χ3n) is 1.92. The van der Waals surface area contributed by atoms with Gasteiger partial charge < -0.3 is 5.11 Å². The third-order valence-corrected chi connectivity index (χ3v) is 3.30. The number of nitrogens with zero attached hydrogens (tertiary/aromatic N) is 1. The SMILES string of the molecule is [C-]#[N+]C1=C(I)C(C(=O)O)CCC1. The van der Waals surface area contributed by atoms with Gasteiger partial charge >= 0.3 is 5.97 Å². The van der Waals surface area contributed by atoms with Crippen LogP contribution in [0.15, 0.2) is 9.28 Å². The van der Waals surface area contributed by atoms with Crippen molar-refractivity contribution in [3.8, 4) is 0 Å². The summed E-state index contributed by atoms with van der Waals surface area (Å²) in [5, 5.41) is 8.78. The summed E-state index contributed by atoms with van der Waals surface area (Å²) in [5.41, 5.74) is 0.634. The van der Waals surface area contributed by atoms with Crippen LogP contribution in [0.3, 0.4) is 0 Å². The number of carboxylic acids is 1. The number of aliphatic carboxylic acids is 1. The van der Waals surface area contributed by atoms with Crippen LogP contribution in [0.2, 0.25) is 0 Å². The fraction of sp³-hybridized carbons (Fsp3) is 0.500. The van der Waals surface area contributed by atoms with E-state index < -0.39 is 11.9 Å². The molecule has 0 aromatic heterocycles. The average Bonchev–Trinajstić information content (AvgIpc) is 2.04. The van der Waals surface area contributed by atoms with E-state index >= 15 is 0 Å². The van der Waals surface area contributed by atoms with Gasteiger partial charge in [0, 0.05) is 3.58 Å². The van der Waals surface area contributed by atoms with E-state index in [0.717, 1.165) is 16.4 Å². The highest BCUT2D eigenvalue weighted by Crippen LogP contribution is 2.35. The van der Waals surface area contributed by atoms with E-state index in [1.165, 1.54) is 0 Å². The number of halogens is 1. The number of carbonyl (C=O) groups is 1. The first-order valence-electron chi connectivity index (χ1n) is 3.65. The van der Waals surface area contributed by atoms with E-state index in [4.69, 9.17) is 11.7 Å². The lowest BCUT2D eigenvalue weighted by Gasteiger charge is -2.18. The second kappa shape index (κ2) is 3.90. The van der Waals surface area contributed by atoms with Gasteiger partial charge in [0.2, 0.25) is 0 Å². The summed E-state index contributed by atoms with van der Waals surface area (Å²) in [6.07, 6.45) is 2.24. The summed E-state index contributed by atoms with van der Waals surface area (Å²) in [7, 11) is 0. The minimum Gasteiger partial charge on any atom is -0.481 e. The van der Waals surface area contributed by atoms with E-state index in [1.807, 2.05) is 22.6 Å². The minimum atomic E-state index is -0.805. The molecule has 0 bridgehead atoms. The van der Waals surface area contributed by atoms with Crippen molar-refractivity contribution >= 4 is 28.6 Å². The average molecular weight is 277 g/mol. The third kappa shape index (κ3) is 1.78. The topological polar surface area (TPSA) is 41.7 Å². The lowest BCUT2D eigenvalue weighted by molar-refractivity contribution is -0.140. The van der Waals surface area contributed by atoms with Gasteiger partial charge in [0.15, 0.2) is 5.70 Å². The molecule has 1 rings (SSSR count). The van der Waals surface area contributed by atoms with Gasteiger partial charge in [-0.15, -0.1) is 0 Å². The molecule has 0 heterocycles. The highest BCUT2D eigenvalue weighted by Gasteiger charge is 2.26. The highest BCUT2D eigenvalue weighted by molar-refractivity contribution is 14.1. The Balaban J connectivity index is 2.94. The number of hydrogen-bond acceptors (Lipinski definition) is 1. The Bertz CT molecular complexity index is 277. The quantitative estimate of drug-likeness (QED) is 0.590. The molecule has 3 nitrogen and oxygen atoms in total. The van der Waals surface area contributed by atoms with Crippen LogP contribution in [0.5, 0.6) is 0 Å². The Morgan fingerprint density at radius 2 is 2.42 bits per heavy atom. The Labute approximate surface area is 84.4 Å². The summed E-state index contributed by atoms with van der Waals surface area (Å²) in [6, 6.07) is 0. The molecule has 0 fully saturated rings. The molecule has 64 valence electrons. The normalized spacial score (nSPS) is 23.5. The van der Waals surface area contributed by atoms with Gasteiger partial charge in [0.05, 0.1) is 12.5 Å². The summed E-state index contributed by atoms with van der Waals surface area (Å²) in [6.45, 7) is 6.83. The van der Waals surface area contributed by atoms with E-state index in [9.17, 15) is 4.79 Å². The monoisotopic (exact) mass is 277 g/mol. The zero-order valence-electron chi connectivity index (χ0n) is 6.38. The minimum absolute atomic E-state index is 0.427. The Kier molecular flexibility index (Phi) is 3.09. The van der Waals surface area contributed by atoms with Gasteiger partial charge in [0.25, 0.3) is 0 Å². The molecule has 1 aliphatic carbocycles. The maximum atomic E-state index is 10.7.